The molecule has 0 saturated carbocycles. The Morgan fingerprint density at radius 3 is 2.20 bits per heavy atom. The predicted octanol–water partition coefficient (Wildman–Crippen LogP) is 3.63. The van der Waals surface area contributed by atoms with Gasteiger partial charge in [0.1, 0.15) is 0 Å². The first-order chi connectivity index (χ1) is 7.06. The van der Waals surface area contributed by atoms with E-state index in [1.807, 2.05) is 0 Å². The summed E-state index contributed by atoms with van der Waals surface area (Å²) in [7, 11) is 1.42. The smallest absolute Gasteiger partial charge is 0.305 e. The lowest BCUT2D eigenvalue weighted by atomic mass is 10.1. The number of esters is 1. The Kier molecular flexibility index (Phi) is 7.69. The van der Waals surface area contributed by atoms with Gasteiger partial charge in [-0.1, -0.05) is 23.3 Å². The van der Waals surface area contributed by atoms with E-state index in [1.165, 1.54) is 18.3 Å². The minimum Gasteiger partial charge on any atom is -0.469 e. The van der Waals surface area contributed by atoms with Gasteiger partial charge in [-0.3, -0.25) is 4.79 Å². The third-order valence-corrected chi connectivity index (χ3v) is 2.16. The highest BCUT2D eigenvalue weighted by Crippen LogP contribution is 2.08. The molecule has 0 aromatic rings. The number of hydrogen-bond acceptors (Lipinski definition) is 2. The van der Waals surface area contributed by atoms with Crippen molar-refractivity contribution in [2.45, 2.75) is 46.5 Å². The molecule has 0 fully saturated rings. The summed E-state index contributed by atoms with van der Waals surface area (Å²) in [5, 5.41) is 0. The number of carbonyl (C=O) groups excluding carboxylic acids is 1. The van der Waals surface area contributed by atoms with E-state index in [1.54, 1.807) is 0 Å². The van der Waals surface area contributed by atoms with Crippen molar-refractivity contribution in [2.24, 2.45) is 0 Å². The van der Waals surface area contributed by atoms with Gasteiger partial charge >= 0.3 is 5.97 Å². The highest BCUT2D eigenvalue weighted by molar-refractivity contribution is 5.69. The van der Waals surface area contributed by atoms with Crippen LogP contribution in [0, 0.1) is 0 Å². The Morgan fingerprint density at radius 2 is 1.67 bits per heavy atom. The first-order valence-electron chi connectivity index (χ1n) is 5.42. The molecule has 0 aromatic carbocycles. The molecule has 0 aliphatic carbocycles. The minimum atomic E-state index is -0.136. The predicted molar refractivity (Wildman–Crippen MR) is 63.7 cm³/mol. The Balaban J connectivity index is 3.70. The van der Waals surface area contributed by atoms with Crippen LogP contribution in [-0.2, 0) is 9.53 Å². The van der Waals surface area contributed by atoms with Gasteiger partial charge in [0.2, 0.25) is 0 Å². The van der Waals surface area contributed by atoms with Crippen LogP contribution >= 0.6 is 0 Å². The lowest BCUT2D eigenvalue weighted by Gasteiger charge is -1.99. The summed E-state index contributed by atoms with van der Waals surface area (Å²) in [6.07, 6.45) is 7.78. The van der Waals surface area contributed by atoms with Crippen LogP contribution in [0.1, 0.15) is 46.5 Å². The molecule has 86 valence electrons. The van der Waals surface area contributed by atoms with E-state index in [2.05, 4.69) is 37.7 Å². The molecule has 0 aliphatic rings. The second-order valence-corrected chi connectivity index (χ2v) is 3.99. The zero-order chi connectivity index (χ0) is 11.7. The monoisotopic (exact) mass is 210 g/mol. The molecule has 0 aliphatic heterocycles. The molecular weight excluding hydrogens is 188 g/mol. The maximum absolute atomic E-state index is 10.8. The second-order valence-electron chi connectivity index (χ2n) is 3.99. The van der Waals surface area contributed by atoms with Gasteiger partial charge in [0, 0.05) is 6.42 Å². The van der Waals surface area contributed by atoms with E-state index in [4.69, 9.17) is 0 Å². The third kappa shape index (κ3) is 9.26. The molecule has 0 rings (SSSR count). The van der Waals surface area contributed by atoms with Gasteiger partial charge in [-0.15, -0.1) is 0 Å². The maximum atomic E-state index is 10.8. The van der Waals surface area contributed by atoms with Crippen molar-refractivity contribution in [3.8, 4) is 0 Å². The average molecular weight is 210 g/mol. The van der Waals surface area contributed by atoms with Crippen LogP contribution < -0.4 is 0 Å². The van der Waals surface area contributed by atoms with Crippen LogP contribution in [0.4, 0.5) is 0 Å². The topological polar surface area (TPSA) is 26.3 Å². The first-order valence-corrected chi connectivity index (χ1v) is 5.42. The number of allylic oxidation sites excluding steroid dienone is 4. The summed E-state index contributed by atoms with van der Waals surface area (Å²) in [5.74, 6) is -0.136. The fraction of sp³-hybridized carbons (Fsp3) is 0.615. The number of hydrogen-bond donors (Lipinski definition) is 0. The molecule has 0 unspecified atom stereocenters. The van der Waals surface area contributed by atoms with Crippen LogP contribution in [0.15, 0.2) is 23.3 Å². The number of methoxy groups -OCH3 is 1. The molecule has 0 amide bonds. The van der Waals surface area contributed by atoms with Crippen molar-refractivity contribution in [1.29, 1.82) is 0 Å². The van der Waals surface area contributed by atoms with E-state index in [0.29, 0.717) is 6.42 Å². The fourth-order valence-electron chi connectivity index (χ4n) is 1.23. The molecule has 0 bridgehead atoms. The van der Waals surface area contributed by atoms with Crippen LogP contribution in [0.3, 0.4) is 0 Å². The van der Waals surface area contributed by atoms with Gasteiger partial charge < -0.3 is 4.74 Å². The molecule has 0 N–H and O–H groups in total. The van der Waals surface area contributed by atoms with Crippen molar-refractivity contribution in [2.75, 3.05) is 7.11 Å². The average Bonchev–Trinajstić information content (AvgIpc) is 2.17. The standard InChI is InChI=1S/C13H22O2/c1-11(2)7-5-8-12(3)9-6-10-13(14)15-4/h7,9H,5-6,8,10H2,1-4H3/b12-9+. The molecule has 0 spiro atoms. The summed E-state index contributed by atoms with van der Waals surface area (Å²) >= 11 is 0. The van der Waals surface area contributed by atoms with E-state index < -0.39 is 0 Å². The Labute approximate surface area is 93.0 Å². The minimum absolute atomic E-state index is 0.136. The normalized spacial score (nSPS) is 11.1. The van der Waals surface area contributed by atoms with E-state index in [-0.39, 0.29) is 5.97 Å². The van der Waals surface area contributed by atoms with Gasteiger partial charge in [-0.05, 0) is 40.0 Å². The molecule has 0 saturated heterocycles. The van der Waals surface area contributed by atoms with Crippen molar-refractivity contribution >= 4 is 5.97 Å². The molecule has 0 heterocycles. The molecule has 2 nitrogen and oxygen atoms in total. The molecule has 2 heteroatoms. The summed E-state index contributed by atoms with van der Waals surface area (Å²) < 4.78 is 4.57. The highest BCUT2D eigenvalue weighted by atomic mass is 16.5. The SMILES string of the molecule is COC(=O)CC/C=C(\C)CCC=C(C)C. The van der Waals surface area contributed by atoms with Crippen LogP contribution in [0.25, 0.3) is 0 Å². The van der Waals surface area contributed by atoms with Crippen LogP contribution in [0.5, 0.6) is 0 Å². The van der Waals surface area contributed by atoms with Gasteiger partial charge in [-0.2, -0.15) is 0 Å². The summed E-state index contributed by atoms with van der Waals surface area (Å²) in [5.41, 5.74) is 2.70. The molecule has 15 heavy (non-hydrogen) atoms. The van der Waals surface area contributed by atoms with Gasteiger partial charge in [0.25, 0.3) is 0 Å². The van der Waals surface area contributed by atoms with E-state index in [0.717, 1.165) is 19.3 Å². The first kappa shape index (κ1) is 13.9. The van der Waals surface area contributed by atoms with Crippen molar-refractivity contribution in [3.63, 3.8) is 0 Å². The van der Waals surface area contributed by atoms with Gasteiger partial charge in [0.05, 0.1) is 7.11 Å². The number of carbonyl (C=O) groups is 1. The van der Waals surface area contributed by atoms with Crippen LogP contribution in [-0.4, -0.2) is 13.1 Å². The Bertz CT molecular complexity index is 245. The van der Waals surface area contributed by atoms with Crippen molar-refractivity contribution < 1.29 is 9.53 Å². The quantitative estimate of drug-likeness (QED) is 0.494. The highest BCUT2D eigenvalue weighted by Gasteiger charge is 1.97. The Morgan fingerprint density at radius 1 is 1.07 bits per heavy atom. The summed E-state index contributed by atoms with van der Waals surface area (Å²) in [4.78, 5) is 10.8. The fourth-order valence-corrected chi connectivity index (χ4v) is 1.23. The second kappa shape index (κ2) is 8.27. The lowest BCUT2D eigenvalue weighted by Crippen LogP contribution is -1.98. The van der Waals surface area contributed by atoms with Gasteiger partial charge in [-0.25, -0.2) is 0 Å². The summed E-state index contributed by atoms with van der Waals surface area (Å²) in [6, 6.07) is 0. The molecular formula is C13H22O2. The zero-order valence-corrected chi connectivity index (χ0v) is 10.3. The lowest BCUT2D eigenvalue weighted by molar-refractivity contribution is -0.140. The number of ether oxygens (including phenoxy) is 1. The molecule has 0 radical (unpaired) electrons. The maximum Gasteiger partial charge on any atom is 0.305 e. The number of rotatable bonds is 6. The van der Waals surface area contributed by atoms with Gasteiger partial charge in [0.15, 0.2) is 0 Å². The zero-order valence-electron chi connectivity index (χ0n) is 10.3. The van der Waals surface area contributed by atoms with Crippen molar-refractivity contribution in [1.82, 2.24) is 0 Å². The Hall–Kier alpha value is -1.05. The van der Waals surface area contributed by atoms with Crippen molar-refractivity contribution in [3.05, 3.63) is 23.3 Å². The van der Waals surface area contributed by atoms with E-state index >= 15 is 0 Å². The molecule has 0 atom stereocenters. The summed E-state index contributed by atoms with van der Waals surface area (Å²) in [6.45, 7) is 6.32. The third-order valence-electron chi connectivity index (χ3n) is 2.16. The largest absolute Gasteiger partial charge is 0.469 e. The van der Waals surface area contributed by atoms with Crippen LogP contribution in [0.2, 0.25) is 0 Å². The molecule has 0 aromatic heterocycles. The van der Waals surface area contributed by atoms with E-state index in [9.17, 15) is 4.79 Å².